The SMILES string of the molecule is Cc1cccc(C)c1NC(=O)C1N(CCCCO)C(=O)[C@@H]2[C@H](C(=O)NCc3ccccc3)[C@]3(C)CCC12S3. The maximum absolute atomic E-state index is 14.1. The van der Waals surface area contributed by atoms with Crippen LogP contribution in [0.1, 0.15) is 49.3 Å². The molecule has 0 aromatic heterocycles. The summed E-state index contributed by atoms with van der Waals surface area (Å²) in [6, 6.07) is 15.0. The summed E-state index contributed by atoms with van der Waals surface area (Å²) in [5, 5.41) is 15.6. The van der Waals surface area contributed by atoms with Gasteiger partial charge in [0.2, 0.25) is 17.7 Å². The van der Waals surface area contributed by atoms with Crippen LogP contribution >= 0.6 is 11.8 Å². The number of nitrogens with zero attached hydrogens (tertiary/aromatic N) is 1. The molecule has 5 atom stereocenters. The number of likely N-dealkylation sites (tertiary alicyclic amines) is 1. The second kappa shape index (κ2) is 10.4. The van der Waals surface area contributed by atoms with Crippen molar-refractivity contribution in [1.82, 2.24) is 10.2 Å². The van der Waals surface area contributed by atoms with Crippen LogP contribution in [0.4, 0.5) is 5.69 Å². The number of unbranched alkanes of at least 4 members (excludes halogenated alkanes) is 1. The lowest BCUT2D eigenvalue weighted by Gasteiger charge is -2.35. The Morgan fingerprint density at radius 3 is 2.42 bits per heavy atom. The van der Waals surface area contributed by atoms with Crippen molar-refractivity contribution >= 4 is 35.2 Å². The minimum atomic E-state index is -0.670. The average Bonchev–Trinajstić information content (AvgIpc) is 3.46. The minimum absolute atomic E-state index is 0.0349. The van der Waals surface area contributed by atoms with Crippen LogP contribution in [0.5, 0.6) is 0 Å². The number of para-hydroxylation sites is 1. The number of rotatable bonds is 9. The van der Waals surface area contributed by atoms with Gasteiger partial charge in [0, 0.05) is 30.1 Å². The molecular formula is C30H37N3O4S. The summed E-state index contributed by atoms with van der Waals surface area (Å²) < 4.78 is -1.06. The molecule has 0 aliphatic carbocycles. The van der Waals surface area contributed by atoms with Crippen molar-refractivity contribution in [3.8, 4) is 0 Å². The molecule has 2 bridgehead atoms. The molecule has 3 aliphatic heterocycles. The standard InChI is InChI=1S/C30H37N3O4S/c1-19-10-9-11-20(2)24(19)32-27(36)25-30-15-14-29(3,38-30)22(23(30)28(37)33(25)16-7-8-17-34)26(35)31-18-21-12-5-4-6-13-21/h4-6,9-13,22-23,25,34H,7-8,14-18H2,1-3H3,(H,31,35)(H,32,36)/t22-,23+,25?,29+,30?/m1/s1. The summed E-state index contributed by atoms with van der Waals surface area (Å²) in [6.07, 6.45) is 2.65. The number of fused-ring (bicyclic) bond motifs is 1. The van der Waals surface area contributed by atoms with Crippen molar-refractivity contribution in [2.75, 3.05) is 18.5 Å². The lowest BCUT2D eigenvalue weighted by molar-refractivity contribution is -0.140. The van der Waals surface area contributed by atoms with Crippen LogP contribution in [0, 0.1) is 25.7 Å². The van der Waals surface area contributed by atoms with Crippen LogP contribution in [-0.2, 0) is 20.9 Å². The Kier molecular flexibility index (Phi) is 7.31. The lowest BCUT2D eigenvalue weighted by atomic mass is 9.66. The van der Waals surface area contributed by atoms with Crippen LogP contribution in [0.15, 0.2) is 48.5 Å². The molecule has 38 heavy (non-hydrogen) atoms. The molecule has 7 nitrogen and oxygen atoms in total. The van der Waals surface area contributed by atoms with Crippen LogP contribution in [0.3, 0.4) is 0 Å². The molecule has 202 valence electrons. The van der Waals surface area contributed by atoms with E-state index < -0.39 is 27.4 Å². The first-order valence-corrected chi connectivity index (χ1v) is 14.3. The molecule has 2 aromatic rings. The zero-order valence-electron chi connectivity index (χ0n) is 22.3. The first-order valence-electron chi connectivity index (χ1n) is 13.5. The van der Waals surface area contributed by atoms with E-state index in [1.165, 1.54) is 0 Å². The predicted octanol–water partition coefficient (Wildman–Crippen LogP) is 3.81. The van der Waals surface area contributed by atoms with Crippen LogP contribution < -0.4 is 10.6 Å². The van der Waals surface area contributed by atoms with Crippen LogP contribution in [0.25, 0.3) is 0 Å². The molecule has 3 saturated heterocycles. The van der Waals surface area contributed by atoms with Gasteiger partial charge in [0.25, 0.3) is 0 Å². The van der Waals surface area contributed by atoms with Gasteiger partial charge in [-0.15, -0.1) is 11.8 Å². The zero-order valence-corrected chi connectivity index (χ0v) is 23.1. The smallest absolute Gasteiger partial charge is 0.248 e. The van der Waals surface area contributed by atoms with Gasteiger partial charge in [0.05, 0.1) is 16.6 Å². The molecule has 2 unspecified atom stereocenters. The Morgan fingerprint density at radius 1 is 1.03 bits per heavy atom. The maximum atomic E-state index is 14.1. The number of nitrogens with one attached hydrogen (secondary N) is 2. The van der Waals surface area contributed by atoms with Gasteiger partial charge in [-0.2, -0.15) is 0 Å². The predicted molar refractivity (Wildman–Crippen MR) is 150 cm³/mol. The van der Waals surface area contributed by atoms with E-state index in [1.807, 2.05) is 62.4 Å². The molecule has 3 aliphatic rings. The highest BCUT2D eigenvalue weighted by molar-refractivity contribution is 8.02. The van der Waals surface area contributed by atoms with Crippen molar-refractivity contribution in [3.63, 3.8) is 0 Å². The highest BCUT2D eigenvalue weighted by Crippen LogP contribution is 2.71. The first kappa shape index (κ1) is 26.8. The van der Waals surface area contributed by atoms with Crippen molar-refractivity contribution in [1.29, 1.82) is 0 Å². The molecule has 3 heterocycles. The van der Waals surface area contributed by atoms with E-state index >= 15 is 0 Å². The van der Waals surface area contributed by atoms with Crippen molar-refractivity contribution in [3.05, 3.63) is 65.2 Å². The van der Waals surface area contributed by atoms with Gasteiger partial charge in [-0.3, -0.25) is 14.4 Å². The molecule has 5 rings (SSSR count). The molecule has 3 amide bonds. The van der Waals surface area contributed by atoms with Crippen LogP contribution in [-0.4, -0.2) is 56.4 Å². The van der Waals surface area contributed by atoms with E-state index in [0.717, 1.165) is 28.8 Å². The summed E-state index contributed by atoms with van der Waals surface area (Å²) in [5.74, 6) is -1.47. The van der Waals surface area contributed by atoms with E-state index in [1.54, 1.807) is 16.7 Å². The van der Waals surface area contributed by atoms with Gasteiger partial charge >= 0.3 is 0 Å². The van der Waals surface area contributed by atoms with Gasteiger partial charge in [-0.25, -0.2) is 0 Å². The normalized spacial score (nSPS) is 29.4. The molecule has 0 saturated carbocycles. The van der Waals surface area contributed by atoms with Crippen molar-refractivity contribution in [2.45, 2.75) is 68.5 Å². The van der Waals surface area contributed by atoms with Gasteiger partial charge in [0.1, 0.15) is 6.04 Å². The van der Waals surface area contributed by atoms with Gasteiger partial charge in [0.15, 0.2) is 0 Å². The number of benzene rings is 2. The fourth-order valence-corrected chi connectivity index (χ4v) is 9.22. The summed E-state index contributed by atoms with van der Waals surface area (Å²) in [4.78, 5) is 43.5. The largest absolute Gasteiger partial charge is 0.396 e. The number of anilines is 1. The Bertz CT molecular complexity index is 1220. The third kappa shape index (κ3) is 4.41. The number of aliphatic hydroxyl groups is 1. The Morgan fingerprint density at radius 2 is 1.74 bits per heavy atom. The monoisotopic (exact) mass is 535 g/mol. The average molecular weight is 536 g/mol. The number of hydrogen-bond donors (Lipinski definition) is 3. The fourth-order valence-electron chi connectivity index (χ4n) is 6.86. The summed E-state index contributed by atoms with van der Waals surface area (Å²) in [7, 11) is 0. The summed E-state index contributed by atoms with van der Waals surface area (Å²) in [6.45, 7) is 6.84. The number of amides is 3. The molecule has 2 aromatic carbocycles. The quantitative estimate of drug-likeness (QED) is 0.424. The maximum Gasteiger partial charge on any atom is 0.248 e. The minimum Gasteiger partial charge on any atom is -0.396 e. The Labute approximate surface area is 228 Å². The van der Waals surface area contributed by atoms with E-state index in [4.69, 9.17) is 0 Å². The molecule has 0 radical (unpaired) electrons. The van der Waals surface area contributed by atoms with E-state index in [0.29, 0.717) is 32.4 Å². The second-order valence-electron chi connectivity index (χ2n) is 11.1. The van der Waals surface area contributed by atoms with E-state index in [2.05, 4.69) is 17.6 Å². The number of carbonyl (C=O) groups is 3. The zero-order chi connectivity index (χ0) is 27.1. The van der Waals surface area contributed by atoms with E-state index in [9.17, 15) is 19.5 Å². The van der Waals surface area contributed by atoms with Crippen molar-refractivity contribution in [2.24, 2.45) is 11.8 Å². The topological polar surface area (TPSA) is 98.7 Å². The first-order chi connectivity index (χ1) is 18.2. The van der Waals surface area contributed by atoms with Gasteiger partial charge in [-0.1, -0.05) is 48.5 Å². The lowest BCUT2D eigenvalue weighted by Crippen LogP contribution is -2.52. The highest BCUT2D eigenvalue weighted by Gasteiger charge is 2.77. The number of hydrogen-bond acceptors (Lipinski definition) is 5. The molecule has 1 spiro atoms. The van der Waals surface area contributed by atoms with E-state index in [-0.39, 0.29) is 24.3 Å². The number of aliphatic hydroxyl groups excluding tert-OH is 1. The molecule has 8 heteroatoms. The number of aryl methyl sites for hydroxylation is 2. The third-order valence-electron chi connectivity index (χ3n) is 8.65. The van der Waals surface area contributed by atoms with Crippen LogP contribution in [0.2, 0.25) is 0 Å². The van der Waals surface area contributed by atoms with Gasteiger partial charge in [-0.05, 0) is 63.1 Å². The molecular weight excluding hydrogens is 498 g/mol. The Balaban J connectivity index is 1.46. The highest BCUT2D eigenvalue weighted by atomic mass is 32.2. The fraction of sp³-hybridized carbons (Fsp3) is 0.500. The summed E-state index contributed by atoms with van der Waals surface area (Å²) >= 11 is 1.68. The Hall–Kier alpha value is -2.84. The summed E-state index contributed by atoms with van der Waals surface area (Å²) in [5.41, 5.74) is 3.72. The second-order valence-corrected chi connectivity index (χ2v) is 13.0. The molecule has 3 fully saturated rings. The number of carbonyl (C=O) groups excluding carboxylic acids is 3. The molecule has 3 N–H and O–H groups in total. The van der Waals surface area contributed by atoms with Crippen molar-refractivity contribution < 1.29 is 19.5 Å². The van der Waals surface area contributed by atoms with Gasteiger partial charge < -0.3 is 20.6 Å². The third-order valence-corrected chi connectivity index (χ3v) is 10.6. The number of thioether (sulfide) groups is 1.